The van der Waals surface area contributed by atoms with Crippen molar-refractivity contribution in [2.24, 2.45) is 0 Å². The van der Waals surface area contributed by atoms with Crippen LogP contribution in [0.3, 0.4) is 0 Å². The molecule has 0 amide bonds. The van der Waals surface area contributed by atoms with Crippen LogP contribution in [0.5, 0.6) is 0 Å². The summed E-state index contributed by atoms with van der Waals surface area (Å²) in [5.41, 5.74) is 1.77. The van der Waals surface area contributed by atoms with Crippen molar-refractivity contribution in [3.63, 3.8) is 0 Å². The van der Waals surface area contributed by atoms with Gasteiger partial charge in [0.2, 0.25) is 0 Å². The van der Waals surface area contributed by atoms with E-state index in [0.717, 1.165) is 12.2 Å². The van der Waals surface area contributed by atoms with Crippen LogP contribution in [0.25, 0.3) is 0 Å². The third-order valence-corrected chi connectivity index (χ3v) is 4.60. The first kappa shape index (κ1) is 16.0. The molecule has 1 aromatic rings. The second kappa shape index (κ2) is 5.76. The molecule has 0 radical (unpaired) electrons. The van der Waals surface area contributed by atoms with Crippen LogP contribution < -0.4 is 0 Å². The normalized spacial score (nSPS) is 21.0. The van der Waals surface area contributed by atoms with Gasteiger partial charge in [0.15, 0.2) is 0 Å². The molecule has 1 saturated heterocycles. The first-order valence-corrected chi connectivity index (χ1v) is 7.57. The molecule has 1 aliphatic rings. The van der Waals surface area contributed by atoms with Crippen LogP contribution in [-0.4, -0.2) is 34.0 Å². The van der Waals surface area contributed by atoms with Crippen molar-refractivity contribution in [1.82, 2.24) is 9.88 Å². The predicted octanol–water partition coefficient (Wildman–Crippen LogP) is 3.41. The molecular weight excluding hydrogens is 264 g/mol. The minimum Gasteiger partial charge on any atom is -0.465 e. The first-order valence-electron chi connectivity index (χ1n) is 7.57. The summed E-state index contributed by atoms with van der Waals surface area (Å²) in [6.45, 7) is 9.91. The van der Waals surface area contributed by atoms with Gasteiger partial charge >= 0.3 is 5.97 Å². The Morgan fingerprint density at radius 1 is 1.29 bits per heavy atom. The molecule has 0 N–H and O–H groups in total. The molecule has 0 saturated carbocycles. The number of hydrogen-bond acceptors (Lipinski definition) is 4. The maximum absolute atomic E-state index is 11.6. The number of carbonyl (C=O) groups is 1. The number of nitrogens with zero attached hydrogens (tertiary/aromatic N) is 2. The van der Waals surface area contributed by atoms with E-state index in [1.54, 1.807) is 12.3 Å². The van der Waals surface area contributed by atoms with Crippen molar-refractivity contribution < 1.29 is 9.53 Å². The zero-order valence-electron chi connectivity index (χ0n) is 13.8. The zero-order chi connectivity index (χ0) is 15.7. The van der Waals surface area contributed by atoms with E-state index in [9.17, 15) is 4.79 Å². The van der Waals surface area contributed by atoms with Gasteiger partial charge in [0.25, 0.3) is 0 Å². The fourth-order valence-corrected chi connectivity index (χ4v) is 3.44. The maximum atomic E-state index is 11.6. The van der Waals surface area contributed by atoms with E-state index >= 15 is 0 Å². The Kier molecular flexibility index (Phi) is 4.38. The van der Waals surface area contributed by atoms with Gasteiger partial charge < -0.3 is 4.74 Å². The maximum Gasteiger partial charge on any atom is 0.337 e. The van der Waals surface area contributed by atoms with E-state index in [4.69, 9.17) is 4.74 Å². The molecule has 0 atom stereocenters. The summed E-state index contributed by atoms with van der Waals surface area (Å²) in [6.07, 6.45) is 5.32. The smallest absolute Gasteiger partial charge is 0.337 e. The first-order chi connectivity index (χ1) is 9.76. The number of aromatic nitrogens is 1. The number of likely N-dealkylation sites (tertiary alicyclic amines) is 1. The van der Waals surface area contributed by atoms with E-state index in [1.165, 1.54) is 26.4 Å². The van der Waals surface area contributed by atoms with Crippen molar-refractivity contribution in [1.29, 1.82) is 0 Å². The van der Waals surface area contributed by atoms with Gasteiger partial charge in [-0.15, -0.1) is 0 Å². The summed E-state index contributed by atoms with van der Waals surface area (Å²) >= 11 is 0. The van der Waals surface area contributed by atoms with Crippen LogP contribution in [0.2, 0.25) is 0 Å². The van der Waals surface area contributed by atoms with E-state index in [1.807, 2.05) is 6.07 Å². The Labute approximate surface area is 127 Å². The van der Waals surface area contributed by atoms with Crippen LogP contribution in [-0.2, 0) is 11.3 Å². The fraction of sp³-hybridized carbons (Fsp3) is 0.647. The lowest BCUT2D eigenvalue weighted by Crippen LogP contribution is -2.57. The number of ether oxygens (including phenoxy) is 1. The highest BCUT2D eigenvalue weighted by molar-refractivity contribution is 5.89. The molecule has 21 heavy (non-hydrogen) atoms. The Morgan fingerprint density at radius 3 is 2.48 bits per heavy atom. The highest BCUT2D eigenvalue weighted by Crippen LogP contribution is 2.39. The van der Waals surface area contributed by atoms with Crippen molar-refractivity contribution in [3.8, 4) is 0 Å². The Balaban J connectivity index is 2.25. The number of esters is 1. The summed E-state index contributed by atoms with van der Waals surface area (Å²) in [4.78, 5) is 18.6. The van der Waals surface area contributed by atoms with Crippen LogP contribution in [0, 0.1) is 0 Å². The highest BCUT2D eigenvalue weighted by Gasteiger charge is 2.41. The Hall–Kier alpha value is -1.42. The zero-order valence-corrected chi connectivity index (χ0v) is 13.8. The molecule has 2 heterocycles. The fourth-order valence-electron chi connectivity index (χ4n) is 3.44. The predicted molar refractivity (Wildman–Crippen MR) is 83.1 cm³/mol. The van der Waals surface area contributed by atoms with Gasteiger partial charge in [0, 0.05) is 23.8 Å². The quantitative estimate of drug-likeness (QED) is 0.800. The van der Waals surface area contributed by atoms with Gasteiger partial charge in [-0.1, -0.05) is 0 Å². The summed E-state index contributed by atoms with van der Waals surface area (Å²) < 4.78 is 4.78. The SMILES string of the molecule is COC(=O)c1ccnc(CN2C(C)(C)CCCC2(C)C)c1. The molecule has 1 aliphatic heterocycles. The van der Waals surface area contributed by atoms with Crippen LogP contribution in [0.1, 0.15) is 63.0 Å². The van der Waals surface area contributed by atoms with E-state index in [0.29, 0.717) is 5.56 Å². The number of methoxy groups -OCH3 is 1. The largest absolute Gasteiger partial charge is 0.465 e. The average molecular weight is 290 g/mol. The lowest BCUT2D eigenvalue weighted by molar-refractivity contribution is -0.0349. The summed E-state index contributed by atoms with van der Waals surface area (Å²) in [6, 6.07) is 3.54. The van der Waals surface area contributed by atoms with Crippen molar-refractivity contribution in [3.05, 3.63) is 29.6 Å². The molecular formula is C17H26N2O2. The molecule has 0 unspecified atom stereocenters. The number of rotatable bonds is 3. The van der Waals surface area contributed by atoms with Gasteiger partial charge in [-0.3, -0.25) is 9.88 Å². The van der Waals surface area contributed by atoms with E-state index < -0.39 is 0 Å². The van der Waals surface area contributed by atoms with Gasteiger partial charge in [0.1, 0.15) is 0 Å². The topological polar surface area (TPSA) is 42.4 Å². The minimum absolute atomic E-state index is 0.144. The van der Waals surface area contributed by atoms with Crippen molar-refractivity contribution in [2.45, 2.75) is 64.6 Å². The second-order valence-corrected chi connectivity index (χ2v) is 7.09. The third-order valence-electron chi connectivity index (χ3n) is 4.60. The molecule has 1 fully saturated rings. The van der Waals surface area contributed by atoms with Crippen molar-refractivity contribution >= 4 is 5.97 Å². The van der Waals surface area contributed by atoms with E-state index in [2.05, 4.69) is 37.6 Å². The Morgan fingerprint density at radius 2 is 1.90 bits per heavy atom. The van der Waals surface area contributed by atoms with Crippen LogP contribution in [0.15, 0.2) is 18.3 Å². The number of carbonyl (C=O) groups excluding carboxylic acids is 1. The molecule has 4 heteroatoms. The lowest BCUT2D eigenvalue weighted by Gasteiger charge is -2.52. The summed E-state index contributed by atoms with van der Waals surface area (Å²) in [5.74, 6) is -0.309. The van der Waals surface area contributed by atoms with Gasteiger partial charge in [-0.25, -0.2) is 4.79 Å². The molecule has 4 nitrogen and oxygen atoms in total. The molecule has 2 rings (SSSR count). The number of piperidine rings is 1. The molecule has 0 aliphatic carbocycles. The molecule has 0 bridgehead atoms. The molecule has 116 valence electrons. The highest BCUT2D eigenvalue weighted by atomic mass is 16.5. The summed E-state index contributed by atoms with van der Waals surface area (Å²) in [7, 11) is 1.40. The van der Waals surface area contributed by atoms with E-state index in [-0.39, 0.29) is 17.0 Å². The third kappa shape index (κ3) is 3.43. The van der Waals surface area contributed by atoms with Crippen molar-refractivity contribution in [2.75, 3.05) is 7.11 Å². The standard InChI is InChI=1S/C17H26N2O2/c1-16(2)8-6-9-17(3,4)19(16)12-14-11-13(7-10-18-14)15(20)21-5/h7,10-11H,6,8-9,12H2,1-5H3. The van der Waals surface area contributed by atoms with Crippen LogP contribution >= 0.6 is 0 Å². The lowest BCUT2D eigenvalue weighted by atomic mass is 9.79. The Bertz CT molecular complexity index is 507. The summed E-state index contributed by atoms with van der Waals surface area (Å²) in [5, 5.41) is 0. The van der Waals surface area contributed by atoms with Crippen LogP contribution in [0.4, 0.5) is 0 Å². The average Bonchev–Trinajstić information content (AvgIpc) is 2.42. The van der Waals surface area contributed by atoms with Gasteiger partial charge in [-0.05, 0) is 59.1 Å². The molecule has 0 spiro atoms. The molecule has 1 aromatic heterocycles. The number of hydrogen-bond donors (Lipinski definition) is 0. The second-order valence-electron chi connectivity index (χ2n) is 7.09. The number of pyridine rings is 1. The van der Waals surface area contributed by atoms with Gasteiger partial charge in [0.05, 0.1) is 18.4 Å². The monoisotopic (exact) mass is 290 g/mol. The van der Waals surface area contributed by atoms with Gasteiger partial charge in [-0.2, -0.15) is 0 Å². The minimum atomic E-state index is -0.309. The molecule has 0 aromatic carbocycles.